The average Bonchev–Trinajstić information content (AvgIpc) is 2.19. The van der Waals surface area contributed by atoms with Crippen LogP contribution < -0.4 is 0 Å². The molecule has 0 amide bonds. The second-order valence-electron chi connectivity index (χ2n) is 1.93. The van der Waals surface area contributed by atoms with Gasteiger partial charge in [0, 0.05) is 6.61 Å². The average molecular weight is 85.1 g/mol. The van der Waals surface area contributed by atoms with E-state index in [1.807, 2.05) is 0 Å². The van der Waals surface area contributed by atoms with E-state index in [4.69, 9.17) is 5.11 Å². The summed E-state index contributed by atoms with van der Waals surface area (Å²) in [5.41, 5.74) is 0. The Kier molecular flexibility index (Phi) is 0.845. The van der Waals surface area contributed by atoms with Gasteiger partial charge in [0.1, 0.15) is 0 Å². The monoisotopic (exact) mass is 85.1 g/mol. The molecule has 6 heavy (non-hydrogen) atoms. The van der Waals surface area contributed by atoms with Gasteiger partial charge in [-0.05, 0) is 18.3 Å². The summed E-state index contributed by atoms with van der Waals surface area (Å²) >= 11 is 0. The quantitative estimate of drug-likeness (QED) is 0.494. The highest BCUT2D eigenvalue weighted by Crippen LogP contribution is 2.39. The molecule has 0 aliphatic heterocycles. The molecule has 0 aromatic rings. The van der Waals surface area contributed by atoms with E-state index in [0.717, 1.165) is 6.42 Å². The molecule has 1 heteroatoms. The van der Waals surface area contributed by atoms with Gasteiger partial charge in [0.2, 0.25) is 0 Å². The minimum atomic E-state index is 0.367. The predicted octanol–water partition coefficient (Wildman–Crippen LogP) is 0.593. The maximum atomic E-state index is 8.36. The zero-order valence-corrected chi connectivity index (χ0v) is 3.94. The molecular weight excluding hydrogens is 76.1 g/mol. The molecule has 0 aromatic heterocycles. The Morgan fingerprint density at radius 2 is 2.50 bits per heavy atom. The lowest BCUT2D eigenvalue weighted by Crippen LogP contribution is -1.82. The zero-order chi connectivity index (χ0) is 4.57. The summed E-state index contributed by atoms with van der Waals surface area (Å²) in [5.74, 6) is 2.03. The van der Waals surface area contributed by atoms with Crippen molar-refractivity contribution >= 4 is 0 Å². The molecule has 0 bridgehead atoms. The van der Waals surface area contributed by atoms with Gasteiger partial charge in [-0.2, -0.15) is 0 Å². The first-order valence-corrected chi connectivity index (χ1v) is 2.27. The molecule has 1 fully saturated rings. The van der Waals surface area contributed by atoms with Gasteiger partial charge in [0.25, 0.3) is 0 Å². The normalized spacial score (nSPS) is 34.0. The summed E-state index contributed by atoms with van der Waals surface area (Å²) in [6, 6.07) is 0. The van der Waals surface area contributed by atoms with Crippen LogP contribution in [0.1, 0.15) is 13.3 Å². The van der Waals surface area contributed by atoms with E-state index in [9.17, 15) is 0 Å². The van der Waals surface area contributed by atoms with E-state index in [-0.39, 0.29) is 0 Å². The van der Waals surface area contributed by atoms with Crippen molar-refractivity contribution in [3.63, 3.8) is 0 Å². The molecular formula is C5H9O. The first-order chi connectivity index (χ1) is 2.84. The first-order valence-electron chi connectivity index (χ1n) is 2.27. The van der Waals surface area contributed by atoms with Crippen LogP contribution in [-0.2, 0) is 0 Å². The lowest BCUT2D eigenvalue weighted by atomic mass is 10.4. The van der Waals surface area contributed by atoms with E-state index in [1.54, 1.807) is 0 Å². The van der Waals surface area contributed by atoms with Crippen molar-refractivity contribution < 1.29 is 5.11 Å². The zero-order valence-electron chi connectivity index (χ0n) is 3.94. The van der Waals surface area contributed by atoms with Crippen LogP contribution in [0.5, 0.6) is 0 Å². The number of hydrogen-bond donors (Lipinski definition) is 1. The maximum Gasteiger partial charge on any atom is 0.0464 e. The molecule has 0 heterocycles. The molecule has 0 saturated heterocycles. The highest BCUT2D eigenvalue weighted by molar-refractivity contribution is 5.09. The van der Waals surface area contributed by atoms with E-state index in [1.165, 1.54) is 5.92 Å². The Bertz CT molecular complexity index is 49.9. The first kappa shape index (κ1) is 4.13. The lowest BCUT2D eigenvalue weighted by molar-refractivity contribution is 0.279. The second-order valence-corrected chi connectivity index (χ2v) is 1.93. The van der Waals surface area contributed by atoms with Gasteiger partial charge >= 0.3 is 0 Å². The molecule has 1 aliphatic rings. The lowest BCUT2D eigenvalue weighted by Gasteiger charge is -1.78. The fraction of sp³-hybridized carbons (Fsp3) is 0.800. The summed E-state index contributed by atoms with van der Waals surface area (Å²) in [6.45, 7) is 2.45. The number of hydrogen-bond acceptors (Lipinski definition) is 1. The third kappa shape index (κ3) is 0.548. The van der Waals surface area contributed by atoms with Gasteiger partial charge in [-0.3, -0.25) is 0 Å². The molecule has 1 radical (unpaired) electrons. The number of aliphatic hydroxyl groups excluding tert-OH is 1. The molecule has 0 aromatic carbocycles. The second kappa shape index (κ2) is 1.23. The number of aliphatic hydroxyl groups is 1. The van der Waals surface area contributed by atoms with Crippen molar-refractivity contribution in [2.75, 3.05) is 6.61 Å². The standard InChI is InChI=1S/C5H9O/c1-4-2-5(4)3-6/h5-6H,2-3H2,1H3. The molecule has 1 N–H and O–H groups in total. The van der Waals surface area contributed by atoms with Gasteiger partial charge in [-0.25, -0.2) is 0 Å². The van der Waals surface area contributed by atoms with Gasteiger partial charge < -0.3 is 5.11 Å². The van der Waals surface area contributed by atoms with Crippen LogP contribution in [0.3, 0.4) is 0 Å². The highest BCUT2D eigenvalue weighted by Gasteiger charge is 2.31. The minimum absolute atomic E-state index is 0.367. The fourth-order valence-corrected chi connectivity index (χ4v) is 0.550. The van der Waals surface area contributed by atoms with Gasteiger partial charge in [0.05, 0.1) is 0 Å². The van der Waals surface area contributed by atoms with Crippen molar-refractivity contribution in [3.8, 4) is 0 Å². The molecule has 1 rings (SSSR count). The minimum Gasteiger partial charge on any atom is -0.396 e. The largest absolute Gasteiger partial charge is 0.396 e. The SMILES string of the molecule is C[C]1CC1CO. The summed E-state index contributed by atoms with van der Waals surface area (Å²) in [6.07, 6.45) is 1.16. The van der Waals surface area contributed by atoms with Gasteiger partial charge in [-0.1, -0.05) is 6.92 Å². The molecule has 1 aliphatic carbocycles. The summed E-state index contributed by atoms with van der Waals surface area (Å²) in [4.78, 5) is 0. The van der Waals surface area contributed by atoms with Crippen LogP contribution in [-0.4, -0.2) is 11.7 Å². The van der Waals surface area contributed by atoms with Crippen LogP contribution in [0.15, 0.2) is 0 Å². The van der Waals surface area contributed by atoms with Crippen LogP contribution in [0, 0.1) is 11.8 Å². The van der Waals surface area contributed by atoms with E-state index < -0.39 is 0 Å². The third-order valence-corrected chi connectivity index (χ3v) is 1.33. The molecule has 1 nitrogen and oxygen atoms in total. The topological polar surface area (TPSA) is 20.2 Å². The van der Waals surface area contributed by atoms with E-state index >= 15 is 0 Å². The molecule has 1 atom stereocenters. The summed E-state index contributed by atoms with van der Waals surface area (Å²) < 4.78 is 0. The Hall–Kier alpha value is -0.0400. The Morgan fingerprint density at radius 3 is 2.50 bits per heavy atom. The molecule has 1 unspecified atom stereocenters. The summed E-state index contributed by atoms with van der Waals surface area (Å²) in [5, 5.41) is 8.36. The fourth-order valence-electron chi connectivity index (χ4n) is 0.550. The Balaban J connectivity index is 2.09. The van der Waals surface area contributed by atoms with E-state index in [2.05, 4.69) is 6.92 Å². The van der Waals surface area contributed by atoms with Crippen LogP contribution in [0.25, 0.3) is 0 Å². The molecule has 35 valence electrons. The van der Waals surface area contributed by atoms with Gasteiger partial charge in [0.15, 0.2) is 0 Å². The van der Waals surface area contributed by atoms with Crippen molar-refractivity contribution in [2.24, 2.45) is 5.92 Å². The van der Waals surface area contributed by atoms with Crippen LogP contribution in [0.2, 0.25) is 0 Å². The summed E-state index contributed by atoms with van der Waals surface area (Å²) in [7, 11) is 0. The molecule has 1 saturated carbocycles. The van der Waals surface area contributed by atoms with Crippen molar-refractivity contribution in [1.29, 1.82) is 0 Å². The molecule has 0 spiro atoms. The van der Waals surface area contributed by atoms with Crippen molar-refractivity contribution in [3.05, 3.63) is 5.92 Å². The van der Waals surface area contributed by atoms with Crippen LogP contribution in [0.4, 0.5) is 0 Å². The predicted molar refractivity (Wildman–Crippen MR) is 24.1 cm³/mol. The van der Waals surface area contributed by atoms with Crippen LogP contribution >= 0.6 is 0 Å². The van der Waals surface area contributed by atoms with E-state index in [0.29, 0.717) is 12.5 Å². The highest BCUT2D eigenvalue weighted by atomic mass is 16.3. The smallest absolute Gasteiger partial charge is 0.0464 e. The van der Waals surface area contributed by atoms with Crippen molar-refractivity contribution in [1.82, 2.24) is 0 Å². The Morgan fingerprint density at radius 1 is 2.00 bits per heavy atom. The number of rotatable bonds is 1. The maximum absolute atomic E-state index is 8.36. The third-order valence-electron chi connectivity index (χ3n) is 1.33. The van der Waals surface area contributed by atoms with Crippen molar-refractivity contribution in [2.45, 2.75) is 13.3 Å². The van der Waals surface area contributed by atoms with Gasteiger partial charge in [-0.15, -0.1) is 0 Å². The Labute approximate surface area is 38.0 Å².